The Hall–Kier alpha value is -2.34. The van der Waals surface area contributed by atoms with Crippen molar-refractivity contribution in [3.63, 3.8) is 0 Å². The van der Waals surface area contributed by atoms with Gasteiger partial charge in [-0.1, -0.05) is 0 Å². The Morgan fingerprint density at radius 2 is 2.18 bits per heavy atom. The number of hydrogen-bond donors (Lipinski definition) is 3. The summed E-state index contributed by atoms with van der Waals surface area (Å²) in [6, 6.07) is 8.50. The molecule has 3 aromatic rings. The van der Waals surface area contributed by atoms with E-state index in [1.165, 1.54) is 12.1 Å². The Morgan fingerprint density at radius 1 is 1.27 bits per heavy atom. The van der Waals surface area contributed by atoms with Crippen molar-refractivity contribution in [1.82, 2.24) is 15.6 Å². The second-order valence-corrected chi connectivity index (χ2v) is 5.35. The summed E-state index contributed by atoms with van der Waals surface area (Å²) in [5.74, 6) is 0.602. The molecular formula is C16H16FN3OS. The number of fused-ring (bicyclic) bond motifs is 1. The van der Waals surface area contributed by atoms with E-state index in [2.05, 4.69) is 15.6 Å². The second-order valence-electron chi connectivity index (χ2n) is 4.94. The third-order valence-electron chi connectivity index (χ3n) is 3.41. The van der Waals surface area contributed by atoms with Gasteiger partial charge >= 0.3 is 0 Å². The van der Waals surface area contributed by atoms with Crippen LogP contribution >= 0.6 is 12.2 Å². The van der Waals surface area contributed by atoms with Crippen molar-refractivity contribution in [2.45, 2.75) is 13.0 Å². The summed E-state index contributed by atoms with van der Waals surface area (Å²) in [5, 5.41) is 7.85. The van der Waals surface area contributed by atoms with Gasteiger partial charge in [0.2, 0.25) is 0 Å². The molecular weight excluding hydrogens is 301 g/mol. The van der Waals surface area contributed by atoms with Gasteiger partial charge in [0.25, 0.3) is 0 Å². The summed E-state index contributed by atoms with van der Waals surface area (Å²) in [7, 11) is 0. The van der Waals surface area contributed by atoms with E-state index in [-0.39, 0.29) is 5.82 Å². The Bertz CT molecular complexity index is 767. The highest BCUT2D eigenvalue weighted by Crippen LogP contribution is 2.19. The number of aromatic nitrogens is 1. The van der Waals surface area contributed by atoms with Crippen molar-refractivity contribution in [3.05, 3.63) is 59.9 Å². The summed E-state index contributed by atoms with van der Waals surface area (Å²) >= 11 is 5.21. The van der Waals surface area contributed by atoms with Crippen LogP contribution in [0.4, 0.5) is 4.39 Å². The smallest absolute Gasteiger partial charge is 0.166 e. The lowest BCUT2D eigenvalue weighted by molar-refractivity contribution is 0.502. The van der Waals surface area contributed by atoms with Gasteiger partial charge in [0.05, 0.1) is 12.8 Å². The lowest BCUT2D eigenvalue weighted by atomic mass is 10.1. The maximum atomic E-state index is 13.1. The van der Waals surface area contributed by atoms with Gasteiger partial charge in [-0.05, 0) is 54.5 Å². The lowest BCUT2D eigenvalue weighted by Gasteiger charge is -2.09. The molecule has 0 radical (unpaired) electrons. The number of hydrogen-bond acceptors (Lipinski definition) is 2. The summed E-state index contributed by atoms with van der Waals surface area (Å²) in [4.78, 5) is 3.08. The number of thiocarbonyl (C=S) groups is 1. The van der Waals surface area contributed by atoms with Crippen molar-refractivity contribution in [2.75, 3.05) is 6.54 Å². The van der Waals surface area contributed by atoms with Gasteiger partial charge in [-0.3, -0.25) is 0 Å². The zero-order valence-corrected chi connectivity index (χ0v) is 12.7. The van der Waals surface area contributed by atoms with Gasteiger partial charge in [0.1, 0.15) is 11.6 Å². The molecule has 0 bridgehead atoms. The molecule has 114 valence electrons. The van der Waals surface area contributed by atoms with Crippen LogP contribution in [0.2, 0.25) is 0 Å². The maximum Gasteiger partial charge on any atom is 0.166 e. The number of H-pyrrole nitrogens is 1. The predicted octanol–water partition coefficient (Wildman–Crippen LogP) is 3.11. The van der Waals surface area contributed by atoms with Crippen LogP contribution in [0.1, 0.15) is 11.3 Å². The molecule has 0 fully saturated rings. The number of furan rings is 1. The third-order valence-corrected chi connectivity index (χ3v) is 3.70. The Balaban J connectivity index is 1.48. The van der Waals surface area contributed by atoms with E-state index in [4.69, 9.17) is 16.6 Å². The molecule has 2 heterocycles. The van der Waals surface area contributed by atoms with Gasteiger partial charge in [0.15, 0.2) is 5.11 Å². The molecule has 0 saturated carbocycles. The Kier molecular flexibility index (Phi) is 4.39. The van der Waals surface area contributed by atoms with E-state index in [1.807, 2.05) is 18.3 Å². The molecule has 0 unspecified atom stereocenters. The van der Waals surface area contributed by atoms with Gasteiger partial charge in [-0.15, -0.1) is 0 Å². The van der Waals surface area contributed by atoms with Crippen LogP contribution in [0.25, 0.3) is 10.9 Å². The summed E-state index contributed by atoms with van der Waals surface area (Å²) < 4.78 is 18.4. The number of nitrogens with one attached hydrogen (secondary N) is 3. The molecule has 0 aliphatic heterocycles. The first kappa shape index (κ1) is 14.6. The average molecular weight is 317 g/mol. The number of aromatic amines is 1. The molecule has 0 saturated heterocycles. The van der Waals surface area contributed by atoms with E-state index < -0.39 is 0 Å². The zero-order chi connectivity index (χ0) is 15.4. The standard InChI is InChI=1S/C16H16FN3OS/c17-12-3-4-14-11(9-19-15(14)8-12)5-6-18-16(22)20-10-13-2-1-7-21-13/h1-4,7-9,19H,5-6,10H2,(H2,18,20,22). The molecule has 1 aromatic carbocycles. The van der Waals surface area contributed by atoms with Gasteiger partial charge < -0.3 is 20.0 Å². The van der Waals surface area contributed by atoms with Crippen LogP contribution in [0.15, 0.2) is 47.2 Å². The summed E-state index contributed by atoms with van der Waals surface area (Å²) in [5.41, 5.74) is 1.95. The SMILES string of the molecule is Fc1ccc2c(CCNC(=S)NCc3ccco3)c[nH]c2c1. The van der Waals surface area contributed by atoms with Crippen molar-refractivity contribution in [3.8, 4) is 0 Å². The highest BCUT2D eigenvalue weighted by atomic mass is 32.1. The molecule has 0 aliphatic rings. The third kappa shape index (κ3) is 3.46. The first-order valence-electron chi connectivity index (χ1n) is 7.02. The molecule has 6 heteroatoms. The van der Waals surface area contributed by atoms with Crippen molar-refractivity contribution in [2.24, 2.45) is 0 Å². The van der Waals surface area contributed by atoms with E-state index in [9.17, 15) is 4.39 Å². The predicted molar refractivity (Wildman–Crippen MR) is 88.1 cm³/mol. The highest BCUT2D eigenvalue weighted by molar-refractivity contribution is 7.80. The Morgan fingerprint density at radius 3 is 3.00 bits per heavy atom. The minimum absolute atomic E-state index is 0.234. The van der Waals surface area contributed by atoms with Crippen LogP contribution in [-0.2, 0) is 13.0 Å². The fourth-order valence-corrected chi connectivity index (χ4v) is 2.49. The highest BCUT2D eigenvalue weighted by Gasteiger charge is 2.05. The number of benzene rings is 1. The summed E-state index contributed by atoms with van der Waals surface area (Å²) in [6.07, 6.45) is 4.34. The van der Waals surface area contributed by atoms with Gasteiger partial charge in [-0.2, -0.15) is 0 Å². The normalized spacial score (nSPS) is 10.8. The van der Waals surface area contributed by atoms with E-state index in [0.29, 0.717) is 18.2 Å². The number of rotatable bonds is 5. The Labute approximate surface area is 132 Å². The fraction of sp³-hybridized carbons (Fsp3) is 0.188. The molecule has 0 amide bonds. The molecule has 2 aromatic heterocycles. The van der Waals surface area contributed by atoms with E-state index >= 15 is 0 Å². The lowest BCUT2D eigenvalue weighted by Crippen LogP contribution is -2.35. The number of halogens is 1. The molecule has 22 heavy (non-hydrogen) atoms. The fourth-order valence-electron chi connectivity index (χ4n) is 2.32. The van der Waals surface area contributed by atoms with Crippen LogP contribution in [0, 0.1) is 5.82 Å². The van der Waals surface area contributed by atoms with Crippen molar-refractivity contribution < 1.29 is 8.81 Å². The summed E-state index contributed by atoms with van der Waals surface area (Å²) in [6.45, 7) is 1.26. The van der Waals surface area contributed by atoms with Gasteiger partial charge in [0, 0.05) is 23.6 Å². The first-order valence-corrected chi connectivity index (χ1v) is 7.43. The minimum atomic E-state index is -0.234. The molecule has 3 rings (SSSR count). The maximum absolute atomic E-state index is 13.1. The quantitative estimate of drug-likeness (QED) is 0.633. The van der Waals surface area contributed by atoms with E-state index in [1.54, 1.807) is 12.3 Å². The van der Waals surface area contributed by atoms with Crippen LogP contribution in [0.3, 0.4) is 0 Å². The topological polar surface area (TPSA) is 53.0 Å². The molecule has 4 nitrogen and oxygen atoms in total. The monoisotopic (exact) mass is 317 g/mol. The molecule has 3 N–H and O–H groups in total. The van der Waals surface area contributed by atoms with Crippen LogP contribution in [0.5, 0.6) is 0 Å². The van der Waals surface area contributed by atoms with Gasteiger partial charge in [-0.25, -0.2) is 4.39 Å². The van der Waals surface area contributed by atoms with Crippen molar-refractivity contribution in [1.29, 1.82) is 0 Å². The average Bonchev–Trinajstić information content (AvgIpc) is 3.15. The zero-order valence-electron chi connectivity index (χ0n) is 11.9. The van der Waals surface area contributed by atoms with E-state index in [0.717, 1.165) is 28.6 Å². The largest absolute Gasteiger partial charge is 0.467 e. The molecule has 0 spiro atoms. The first-order chi connectivity index (χ1) is 10.7. The van der Waals surface area contributed by atoms with Crippen LogP contribution < -0.4 is 10.6 Å². The second kappa shape index (κ2) is 6.62. The molecule has 0 aliphatic carbocycles. The molecule has 0 atom stereocenters. The minimum Gasteiger partial charge on any atom is -0.467 e. The van der Waals surface area contributed by atoms with Crippen LogP contribution in [-0.4, -0.2) is 16.6 Å². The van der Waals surface area contributed by atoms with Crippen molar-refractivity contribution >= 4 is 28.2 Å².